The van der Waals surface area contributed by atoms with Crippen molar-refractivity contribution in [2.75, 3.05) is 26.2 Å². The summed E-state index contributed by atoms with van der Waals surface area (Å²) in [5.41, 5.74) is 0. The van der Waals surface area contributed by atoms with Gasteiger partial charge in [-0.2, -0.15) is 0 Å². The first-order valence-corrected chi connectivity index (χ1v) is 8.77. The summed E-state index contributed by atoms with van der Waals surface area (Å²) in [5.74, 6) is 2.61. The van der Waals surface area contributed by atoms with E-state index in [-0.39, 0.29) is 5.91 Å². The average Bonchev–Trinajstić information content (AvgIpc) is 3.21. The minimum absolute atomic E-state index is 0.0176. The highest BCUT2D eigenvalue weighted by Gasteiger charge is 2.25. The molecule has 24 heavy (non-hydrogen) atoms. The number of fused-ring (bicyclic) bond motifs is 1. The molecule has 7 nitrogen and oxygen atoms in total. The van der Waals surface area contributed by atoms with Crippen molar-refractivity contribution in [1.82, 2.24) is 24.6 Å². The van der Waals surface area contributed by atoms with Crippen LogP contribution in [0.15, 0.2) is 22.8 Å². The van der Waals surface area contributed by atoms with Crippen molar-refractivity contribution >= 4 is 5.91 Å². The molecule has 2 aromatic rings. The van der Waals surface area contributed by atoms with Crippen molar-refractivity contribution in [3.63, 3.8) is 0 Å². The van der Waals surface area contributed by atoms with Gasteiger partial charge in [0.15, 0.2) is 5.76 Å². The Balaban J connectivity index is 1.35. The maximum absolute atomic E-state index is 12.3. The fraction of sp³-hybridized carbons (Fsp3) is 0.588. The molecule has 7 heteroatoms. The molecule has 0 spiro atoms. The summed E-state index contributed by atoms with van der Waals surface area (Å²) >= 11 is 0. The monoisotopic (exact) mass is 329 g/mol. The van der Waals surface area contributed by atoms with Crippen LogP contribution in [0.3, 0.4) is 0 Å². The van der Waals surface area contributed by atoms with Crippen LogP contribution in [-0.4, -0.2) is 56.7 Å². The van der Waals surface area contributed by atoms with Crippen LogP contribution in [0.1, 0.15) is 41.5 Å². The SMILES string of the molecule is O=C(c1ccco1)N1CCN(Cc2nnc3n2CCCCC3)CC1. The Bertz CT molecular complexity index is 686. The van der Waals surface area contributed by atoms with Gasteiger partial charge in [0.05, 0.1) is 12.8 Å². The number of aromatic nitrogens is 3. The van der Waals surface area contributed by atoms with Gasteiger partial charge in [-0.1, -0.05) is 6.42 Å². The highest BCUT2D eigenvalue weighted by molar-refractivity contribution is 5.91. The van der Waals surface area contributed by atoms with Gasteiger partial charge >= 0.3 is 0 Å². The van der Waals surface area contributed by atoms with Gasteiger partial charge < -0.3 is 13.9 Å². The van der Waals surface area contributed by atoms with Gasteiger partial charge in [0.2, 0.25) is 0 Å². The summed E-state index contributed by atoms with van der Waals surface area (Å²) in [6.45, 7) is 5.01. The number of carbonyl (C=O) groups is 1. The van der Waals surface area contributed by atoms with Crippen molar-refractivity contribution in [2.45, 2.75) is 38.8 Å². The lowest BCUT2D eigenvalue weighted by Crippen LogP contribution is -2.48. The normalized spacial score (nSPS) is 19.1. The third-order valence-electron chi connectivity index (χ3n) is 4.94. The second-order valence-electron chi connectivity index (χ2n) is 6.54. The minimum Gasteiger partial charge on any atom is -0.459 e. The van der Waals surface area contributed by atoms with Crippen molar-refractivity contribution in [2.24, 2.45) is 0 Å². The van der Waals surface area contributed by atoms with E-state index in [9.17, 15) is 4.79 Å². The Labute approximate surface area is 141 Å². The third-order valence-corrected chi connectivity index (χ3v) is 4.94. The zero-order chi connectivity index (χ0) is 16.4. The van der Waals surface area contributed by atoms with Crippen LogP contribution >= 0.6 is 0 Å². The Morgan fingerprint density at radius 1 is 1.08 bits per heavy atom. The number of amides is 1. The molecule has 0 unspecified atom stereocenters. The number of nitrogens with zero attached hydrogens (tertiary/aromatic N) is 5. The van der Waals surface area contributed by atoms with Crippen LogP contribution in [0.5, 0.6) is 0 Å². The Hall–Kier alpha value is -2.15. The molecule has 0 atom stereocenters. The van der Waals surface area contributed by atoms with E-state index in [0.717, 1.165) is 57.3 Å². The first kappa shape index (κ1) is 15.4. The summed E-state index contributed by atoms with van der Waals surface area (Å²) in [6, 6.07) is 3.47. The number of hydrogen-bond donors (Lipinski definition) is 0. The van der Waals surface area contributed by atoms with Crippen molar-refractivity contribution in [1.29, 1.82) is 0 Å². The van der Waals surface area contributed by atoms with Gasteiger partial charge in [0.1, 0.15) is 11.6 Å². The van der Waals surface area contributed by atoms with Gasteiger partial charge in [-0.25, -0.2) is 0 Å². The van der Waals surface area contributed by atoms with E-state index >= 15 is 0 Å². The quantitative estimate of drug-likeness (QED) is 0.855. The highest BCUT2D eigenvalue weighted by Crippen LogP contribution is 2.16. The van der Waals surface area contributed by atoms with E-state index in [1.165, 1.54) is 19.3 Å². The smallest absolute Gasteiger partial charge is 0.289 e. The summed E-state index contributed by atoms with van der Waals surface area (Å²) in [4.78, 5) is 16.5. The van der Waals surface area contributed by atoms with Crippen molar-refractivity contribution < 1.29 is 9.21 Å². The lowest BCUT2D eigenvalue weighted by Gasteiger charge is -2.34. The summed E-state index contributed by atoms with van der Waals surface area (Å²) in [7, 11) is 0. The summed E-state index contributed by atoms with van der Waals surface area (Å²) < 4.78 is 7.51. The topological polar surface area (TPSA) is 67.4 Å². The standard InChI is InChI=1S/C17H23N5O2/c23-17(14-5-4-12-24-14)21-10-8-20(9-11-21)13-16-19-18-15-6-2-1-3-7-22(15)16/h4-5,12H,1-3,6-11,13H2. The largest absolute Gasteiger partial charge is 0.459 e. The van der Waals surface area contributed by atoms with Crippen LogP contribution in [-0.2, 0) is 19.5 Å². The first-order valence-electron chi connectivity index (χ1n) is 8.77. The second kappa shape index (κ2) is 6.76. The minimum atomic E-state index is -0.0176. The van der Waals surface area contributed by atoms with Gasteiger partial charge in [-0.3, -0.25) is 9.69 Å². The van der Waals surface area contributed by atoms with Crippen LogP contribution in [0.2, 0.25) is 0 Å². The molecule has 0 radical (unpaired) electrons. The van der Waals surface area contributed by atoms with E-state index < -0.39 is 0 Å². The van der Waals surface area contributed by atoms with Crippen LogP contribution < -0.4 is 0 Å². The van der Waals surface area contributed by atoms with Crippen molar-refractivity contribution in [3.05, 3.63) is 35.8 Å². The second-order valence-corrected chi connectivity index (χ2v) is 6.54. The maximum Gasteiger partial charge on any atom is 0.289 e. The van der Waals surface area contributed by atoms with Gasteiger partial charge in [-0.05, 0) is 25.0 Å². The molecule has 0 N–H and O–H groups in total. The molecular weight excluding hydrogens is 306 g/mol. The molecule has 128 valence electrons. The first-order chi connectivity index (χ1) is 11.8. The number of hydrogen-bond acceptors (Lipinski definition) is 5. The van der Waals surface area contributed by atoms with E-state index in [1.54, 1.807) is 18.4 Å². The average molecular weight is 329 g/mol. The Morgan fingerprint density at radius 3 is 2.75 bits per heavy atom. The van der Waals surface area contributed by atoms with Crippen LogP contribution in [0.4, 0.5) is 0 Å². The fourth-order valence-electron chi connectivity index (χ4n) is 3.53. The van der Waals surface area contributed by atoms with E-state index in [2.05, 4.69) is 19.7 Å². The molecule has 1 saturated heterocycles. The van der Waals surface area contributed by atoms with Crippen molar-refractivity contribution in [3.8, 4) is 0 Å². The molecule has 2 aliphatic heterocycles. The fourth-order valence-corrected chi connectivity index (χ4v) is 3.53. The van der Waals surface area contributed by atoms with Crippen LogP contribution in [0.25, 0.3) is 0 Å². The molecule has 1 amide bonds. The number of aryl methyl sites for hydroxylation is 1. The van der Waals surface area contributed by atoms with E-state index in [4.69, 9.17) is 4.42 Å². The Kier molecular flexibility index (Phi) is 4.34. The number of furan rings is 1. The summed E-state index contributed by atoms with van der Waals surface area (Å²) in [5, 5.41) is 8.77. The molecule has 2 aliphatic rings. The number of carbonyl (C=O) groups excluding carboxylic acids is 1. The van der Waals surface area contributed by atoms with Gasteiger partial charge in [-0.15, -0.1) is 10.2 Å². The van der Waals surface area contributed by atoms with Gasteiger partial charge in [0.25, 0.3) is 5.91 Å². The number of piperazine rings is 1. The highest BCUT2D eigenvalue weighted by atomic mass is 16.3. The Morgan fingerprint density at radius 2 is 1.96 bits per heavy atom. The molecule has 4 heterocycles. The van der Waals surface area contributed by atoms with Crippen LogP contribution in [0, 0.1) is 0 Å². The molecule has 0 aliphatic carbocycles. The molecule has 4 rings (SSSR count). The summed E-state index contributed by atoms with van der Waals surface area (Å²) in [6.07, 6.45) is 6.28. The number of rotatable bonds is 3. The zero-order valence-electron chi connectivity index (χ0n) is 13.9. The lowest BCUT2D eigenvalue weighted by molar-refractivity contribution is 0.0593. The molecular formula is C17H23N5O2. The molecule has 2 aromatic heterocycles. The molecule has 1 fully saturated rings. The predicted octanol–water partition coefficient (Wildman–Crippen LogP) is 1.56. The maximum atomic E-state index is 12.3. The third kappa shape index (κ3) is 3.08. The van der Waals surface area contributed by atoms with E-state index in [1.807, 2.05) is 4.90 Å². The molecule has 0 aromatic carbocycles. The van der Waals surface area contributed by atoms with E-state index in [0.29, 0.717) is 5.76 Å². The molecule has 0 saturated carbocycles. The predicted molar refractivity (Wildman–Crippen MR) is 87.5 cm³/mol. The van der Waals surface area contributed by atoms with Gasteiger partial charge in [0, 0.05) is 39.1 Å². The molecule has 0 bridgehead atoms. The zero-order valence-corrected chi connectivity index (χ0v) is 13.9. The lowest BCUT2D eigenvalue weighted by atomic mass is 10.2.